The van der Waals surface area contributed by atoms with Crippen molar-refractivity contribution < 1.29 is 13.2 Å². The summed E-state index contributed by atoms with van der Waals surface area (Å²) >= 11 is 0. The standard InChI is InChI=1S/C25H29N5O3S/c1-34(32,33)30-15-7-14-28(19-21-8-3-2-4-9-21)16-17-29(20-22-10-5-6-11-24(22)30)25(31)23-18-26-12-13-27-23/h2-6,8-13,18H,7,14-17,19-20H2,1H3. The van der Waals surface area contributed by atoms with Crippen LogP contribution >= 0.6 is 0 Å². The lowest BCUT2D eigenvalue weighted by Gasteiger charge is -2.28. The van der Waals surface area contributed by atoms with Gasteiger partial charge < -0.3 is 4.90 Å². The number of benzene rings is 2. The number of para-hydroxylation sites is 1. The zero-order chi connectivity index (χ0) is 24.0. The van der Waals surface area contributed by atoms with E-state index in [-0.39, 0.29) is 18.1 Å². The molecule has 0 radical (unpaired) electrons. The molecule has 1 aromatic heterocycles. The molecule has 0 bridgehead atoms. The Balaban J connectivity index is 1.69. The smallest absolute Gasteiger partial charge is 0.274 e. The van der Waals surface area contributed by atoms with Crippen molar-refractivity contribution in [1.29, 1.82) is 0 Å². The summed E-state index contributed by atoms with van der Waals surface area (Å²) in [5.41, 5.74) is 2.83. The van der Waals surface area contributed by atoms with Gasteiger partial charge in [0.15, 0.2) is 0 Å². The maximum absolute atomic E-state index is 13.4. The van der Waals surface area contributed by atoms with Crippen LogP contribution in [0.25, 0.3) is 0 Å². The second-order valence-electron chi connectivity index (χ2n) is 8.40. The number of sulfonamides is 1. The van der Waals surface area contributed by atoms with Gasteiger partial charge in [0.2, 0.25) is 10.0 Å². The van der Waals surface area contributed by atoms with Crippen LogP contribution in [0.15, 0.2) is 73.2 Å². The molecule has 9 heteroatoms. The second-order valence-corrected chi connectivity index (χ2v) is 10.3. The van der Waals surface area contributed by atoms with Gasteiger partial charge in [-0.1, -0.05) is 48.5 Å². The number of aromatic nitrogens is 2. The molecule has 0 aliphatic carbocycles. The number of carbonyl (C=O) groups is 1. The predicted molar refractivity (Wildman–Crippen MR) is 132 cm³/mol. The maximum Gasteiger partial charge on any atom is 0.274 e. The molecule has 0 atom stereocenters. The Hall–Kier alpha value is -3.30. The van der Waals surface area contributed by atoms with Gasteiger partial charge in [-0.05, 0) is 23.6 Å². The van der Waals surface area contributed by atoms with Crippen LogP contribution in [0.4, 0.5) is 5.69 Å². The number of amides is 1. The molecule has 2 heterocycles. The number of hydrogen-bond acceptors (Lipinski definition) is 6. The van der Waals surface area contributed by atoms with Crippen LogP contribution in [-0.4, -0.2) is 66.5 Å². The van der Waals surface area contributed by atoms with Gasteiger partial charge in [-0.2, -0.15) is 0 Å². The summed E-state index contributed by atoms with van der Waals surface area (Å²) in [7, 11) is -3.50. The highest BCUT2D eigenvalue weighted by atomic mass is 32.2. The Morgan fingerprint density at radius 2 is 1.71 bits per heavy atom. The van der Waals surface area contributed by atoms with E-state index in [9.17, 15) is 13.2 Å². The van der Waals surface area contributed by atoms with Gasteiger partial charge in [0.1, 0.15) is 5.69 Å². The van der Waals surface area contributed by atoms with Crippen molar-refractivity contribution in [3.8, 4) is 0 Å². The van der Waals surface area contributed by atoms with Crippen molar-refractivity contribution in [1.82, 2.24) is 19.8 Å². The van der Waals surface area contributed by atoms with E-state index >= 15 is 0 Å². The van der Waals surface area contributed by atoms with Crippen LogP contribution in [-0.2, 0) is 23.1 Å². The summed E-state index contributed by atoms with van der Waals surface area (Å²) < 4.78 is 26.9. The van der Waals surface area contributed by atoms with Crippen molar-refractivity contribution in [3.05, 3.63) is 90.0 Å². The van der Waals surface area contributed by atoms with Gasteiger partial charge in [0.25, 0.3) is 5.91 Å². The molecule has 0 saturated heterocycles. The average Bonchev–Trinajstić information content (AvgIpc) is 2.87. The number of fused-ring (bicyclic) bond motifs is 1. The molecule has 0 unspecified atom stereocenters. The monoisotopic (exact) mass is 479 g/mol. The fourth-order valence-corrected chi connectivity index (χ4v) is 5.19. The third-order valence-corrected chi connectivity index (χ3v) is 7.04. The van der Waals surface area contributed by atoms with E-state index in [2.05, 4.69) is 27.0 Å². The number of nitrogens with zero attached hydrogens (tertiary/aromatic N) is 5. The lowest BCUT2D eigenvalue weighted by molar-refractivity contribution is 0.0713. The second kappa shape index (κ2) is 10.8. The molecule has 0 N–H and O–H groups in total. The Morgan fingerprint density at radius 3 is 2.44 bits per heavy atom. The molecule has 34 heavy (non-hydrogen) atoms. The summed E-state index contributed by atoms with van der Waals surface area (Å²) in [4.78, 5) is 25.6. The average molecular weight is 480 g/mol. The highest BCUT2D eigenvalue weighted by Crippen LogP contribution is 2.26. The molecule has 0 spiro atoms. The van der Waals surface area contributed by atoms with Crippen molar-refractivity contribution in [2.24, 2.45) is 0 Å². The molecule has 1 aliphatic rings. The fraction of sp³-hybridized carbons (Fsp3) is 0.320. The SMILES string of the molecule is CS(=O)(=O)N1CCCN(Cc2ccccc2)CCN(C(=O)c2cnccn2)Cc2ccccc21. The molecule has 2 aromatic carbocycles. The van der Waals surface area contributed by atoms with Crippen LogP contribution in [0.2, 0.25) is 0 Å². The molecular weight excluding hydrogens is 450 g/mol. The highest BCUT2D eigenvalue weighted by Gasteiger charge is 2.25. The van der Waals surface area contributed by atoms with E-state index in [0.717, 1.165) is 12.1 Å². The van der Waals surface area contributed by atoms with Gasteiger partial charge in [-0.25, -0.2) is 13.4 Å². The largest absolute Gasteiger partial charge is 0.332 e. The Labute approximate surface area is 200 Å². The number of hydrogen-bond donors (Lipinski definition) is 0. The topological polar surface area (TPSA) is 86.7 Å². The zero-order valence-corrected chi connectivity index (χ0v) is 20.1. The van der Waals surface area contributed by atoms with Crippen LogP contribution in [0.1, 0.15) is 28.0 Å². The van der Waals surface area contributed by atoms with E-state index in [4.69, 9.17) is 0 Å². The molecule has 0 saturated carbocycles. The van der Waals surface area contributed by atoms with Crippen LogP contribution < -0.4 is 4.31 Å². The third kappa shape index (κ3) is 5.98. The van der Waals surface area contributed by atoms with Crippen LogP contribution in [0.3, 0.4) is 0 Å². The van der Waals surface area contributed by atoms with Gasteiger partial charge in [-0.3, -0.25) is 19.0 Å². The van der Waals surface area contributed by atoms with Crippen LogP contribution in [0.5, 0.6) is 0 Å². The van der Waals surface area contributed by atoms with Crippen LogP contribution in [0, 0.1) is 0 Å². The molecule has 1 amide bonds. The van der Waals surface area contributed by atoms with Gasteiger partial charge in [0, 0.05) is 51.7 Å². The van der Waals surface area contributed by atoms with Gasteiger partial charge in [-0.15, -0.1) is 0 Å². The van der Waals surface area contributed by atoms with E-state index in [0.29, 0.717) is 38.3 Å². The maximum atomic E-state index is 13.4. The van der Waals surface area contributed by atoms with Crippen molar-refractivity contribution in [3.63, 3.8) is 0 Å². The molecule has 0 fully saturated rings. The number of rotatable bonds is 4. The first-order valence-corrected chi connectivity index (χ1v) is 13.1. The van der Waals surface area contributed by atoms with Crippen molar-refractivity contribution >= 4 is 21.6 Å². The first-order chi connectivity index (χ1) is 16.4. The normalized spacial score (nSPS) is 15.9. The third-order valence-electron chi connectivity index (χ3n) is 5.86. The van der Waals surface area contributed by atoms with E-state index in [1.165, 1.54) is 34.7 Å². The molecule has 178 valence electrons. The lowest BCUT2D eigenvalue weighted by Crippen LogP contribution is -2.38. The van der Waals surface area contributed by atoms with Gasteiger partial charge >= 0.3 is 0 Å². The summed E-state index contributed by atoms with van der Waals surface area (Å²) in [6.07, 6.45) is 6.40. The molecule has 1 aliphatic heterocycles. The van der Waals surface area contributed by atoms with Crippen molar-refractivity contribution in [2.45, 2.75) is 19.5 Å². The van der Waals surface area contributed by atoms with E-state index in [1.54, 1.807) is 11.0 Å². The minimum Gasteiger partial charge on any atom is -0.332 e. The number of carbonyl (C=O) groups excluding carboxylic acids is 1. The minimum atomic E-state index is -3.50. The Bertz CT molecular complexity index is 1210. The minimum absolute atomic E-state index is 0.229. The quantitative estimate of drug-likeness (QED) is 0.572. The Kier molecular flexibility index (Phi) is 7.54. The Morgan fingerprint density at radius 1 is 0.941 bits per heavy atom. The molecule has 3 aromatic rings. The molecule has 8 nitrogen and oxygen atoms in total. The van der Waals surface area contributed by atoms with Crippen molar-refractivity contribution in [2.75, 3.05) is 36.7 Å². The summed E-state index contributed by atoms with van der Waals surface area (Å²) in [6.45, 7) is 3.21. The van der Waals surface area contributed by atoms with E-state index < -0.39 is 10.0 Å². The lowest BCUT2D eigenvalue weighted by atomic mass is 10.1. The first-order valence-electron chi connectivity index (χ1n) is 11.3. The molecular formula is C25H29N5O3S. The first kappa shape index (κ1) is 23.8. The summed E-state index contributed by atoms with van der Waals surface area (Å²) in [5, 5.41) is 0. The van der Waals surface area contributed by atoms with E-state index in [1.807, 2.05) is 36.4 Å². The zero-order valence-electron chi connectivity index (χ0n) is 19.2. The summed E-state index contributed by atoms with van der Waals surface area (Å²) in [5.74, 6) is -0.229. The highest BCUT2D eigenvalue weighted by molar-refractivity contribution is 7.92. The fourth-order valence-electron chi connectivity index (χ4n) is 4.19. The molecule has 4 rings (SSSR count). The predicted octanol–water partition coefficient (Wildman–Crippen LogP) is 2.79. The summed E-state index contributed by atoms with van der Waals surface area (Å²) in [6, 6.07) is 17.5. The number of anilines is 1. The van der Waals surface area contributed by atoms with Gasteiger partial charge in [0.05, 0.1) is 18.1 Å².